The van der Waals surface area contributed by atoms with Gasteiger partial charge in [0.2, 0.25) is 0 Å². The first-order valence-corrected chi connectivity index (χ1v) is 18.8. The minimum Gasteiger partial charge on any atom is -0.455 e. The van der Waals surface area contributed by atoms with Crippen LogP contribution in [0.1, 0.15) is 0 Å². The molecule has 0 aliphatic heterocycles. The van der Waals surface area contributed by atoms with Crippen molar-refractivity contribution in [2.24, 2.45) is 0 Å². The second kappa shape index (κ2) is 12.3. The van der Waals surface area contributed by atoms with Gasteiger partial charge >= 0.3 is 0 Å². The molecular formula is C49H29N3OS. The van der Waals surface area contributed by atoms with Crippen molar-refractivity contribution in [1.29, 1.82) is 0 Å². The van der Waals surface area contributed by atoms with Crippen LogP contribution in [0.15, 0.2) is 180 Å². The predicted molar refractivity (Wildman–Crippen MR) is 225 cm³/mol. The molecule has 5 heteroatoms. The Morgan fingerprint density at radius 3 is 1.61 bits per heavy atom. The lowest BCUT2D eigenvalue weighted by Crippen LogP contribution is -2.00. The van der Waals surface area contributed by atoms with Gasteiger partial charge in [-0.2, -0.15) is 0 Å². The fraction of sp³-hybridized carbons (Fsp3) is 0. The van der Waals surface area contributed by atoms with E-state index in [0.717, 1.165) is 60.5 Å². The number of benzene rings is 8. The summed E-state index contributed by atoms with van der Waals surface area (Å²) < 4.78 is 9.33. The maximum Gasteiger partial charge on any atom is 0.164 e. The molecule has 54 heavy (non-hydrogen) atoms. The average Bonchev–Trinajstić information content (AvgIpc) is 3.83. The molecule has 0 saturated carbocycles. The highest BCUT2D eigenvalue weighted by Gasteiger charge is 2.20. The first kappa shape index (κ1) is 30.7. The number of nitrogens with zero attached hydrogens (tertiary/aromatic N) is 3. The zero-order chi connectivity index (χ0) is 35.6. The van der Waals surface area contributed by atoms with Crippen LogP contribution in [-0.4, -0.2) is 15.0 Å². The monoisotopic (exact) mass is 707 g/mol. The number of hydrogen-bond acceptors (Lipinski definition) is 5. The van der Waals surface area contributed by atoms with E-state index in [4.69, 9.17) is 19.4 Å². The van der Waals surface area contributed by atoms with Gasteiger partial charge in [-0.15, -0.1) is 11.3 Å². The molecule has 0 bridgehead atoms. The van der Waals surface area contributed by atoms with Crippen LogP contribution in [0.4, 0.5) is 0 Å². The van der Waals surface area contributed by atoms with E-state index in [9.17, 15) is 0 Å². The van der Waals surface area contributed by atoms with E-state index in [1.165, 1.54) is 31.3 Å². The van der Waals surface area contributed by atoms with Crippen LogP contribution in [0.5, 0.6) is 0 Å². The lowest BCUT2D eigenvalue weighted by molar-refractivity contribution is 0.673. The number of furan rings is 1. The van der Waals surface area contributed by atoms with Crippen molar-refractivity contribution in [3.63, 3.8) is 0 Å². The molecule has 8 aromatic carbocycles. The molecule has 0 unspecified atom stereocenters. The van der Waals surface area contributed by atoms with Crippen molar-refractivity contribution in [2.75, 3.05) is 0 Å². The molecule has 0 aliphatic rings. The smallest absolute Gasteiger partial charge is 0.164 e. The minimum absolute atomic E-state index is 0.635. The second-order valence-corrected chi connectivity index (χ2v) is 14.6. The minimum atomic E-state index is 0.635. The average molecular weight is 708 g/mol. The van der Waals surface area contributed by atoms with Crippen molar-refractivity contribution < 1.29 is 4.42 Å². The van der Waals surface area contributed by atoms with Gasteiger partial charge in [-0.05, 0) is 40.3 Å². The Hall–Kier alpha value is -6.95. The van der Waals surface area contributed by atoms with Gasteiger partial charge in [0.05, 0.1) is 0 Å². The van der Waals surface area contributed by atoms with Crippen molar-refractivity contribution in [3.05, 3.63) is 176 Å². The van der Waals surface area contributed by atoms with E-state index in [1.54, 1.807) is 0 Å². The molecule has 3 heterocycles. The van der Waals surface area contributed by atoms with Gasteiger partial charge in [0.15, 0.2) is 17.5 Å². The van der Waals surface area contributed by atoms with E-state index >= 15 is 0 Å². The molecule has 0 atom stereocenters. The highest BCUT2D eigenvalue weighted by atomic mass is 32.1. The summed E-state index contributed by atoms with van der Waals surface area (Å²) in [5.41, 5.74) is 9.27. The second-order valence-electron chi connectivity index (χ2n) is 13.5. The fourth-order valence-corrected chi connectivity index (χ4v) is 9.04. The molecule has 0 radical (unpaired) electrons. The summed E-state index contributed by atoms with van der Waals surface area (Å²) in [6.07, 6.45) is 0. The molecule has 0 N–H and O–H groups in total. The molecule has 0 fully saturated rings. The van der Waals surface area contributed by atoms with Crippen molar-refractivity contribution in [2.45, 2.75) is 0 Å². The maximum atomic E-state index is 6.74. The van der Waals surface area contributed by atoms with E-state index in [-0.39, 0.29) is 0 Å². The van der Waals surface area contributed by atoms with Gasteiger partial charge in [0.1, 0.15) is 11.2 Å². The van der Waals surface area contributed by atoms with Gasteiger partial charge in [-0.3, -0.25) is 0 Å². The lowest BCUT2D eigenvalue weighted by atomic mass is 9.92. The summed E-state index contributed by atoms with van der Waals surface area (Å²) in [7, 11) is 0. The summed E-state index contributed by atoms with van der Waals surface area (Å²) >= 11 is 1.86. The Morgan fingerprint density at radius 1 is 0.370 bits per heavy atom. The number of aromatic nitrogens is 3. The van der Waals surface area contributed by atoms with Gasteiger partial charge in [-0.25, -0.2) is 15.0 Å². The molecule has 0 saturated heterocycles. The van der Waals surface area contributed by atoms with Crippen molar-refractivity contribution in [1.82, 2.24) is 15.0 Å². The first-order valence-electron chi connectivity index (χ1n) is 18.0. The largest absolute Gasteiger partial charge is 0.455 e. The zero-order valence-corrected chi connectivity index (χ0v) is 29.7. The highest BCUT2D eigenvalue weighted by Crippen LogP contribution is 2.46. The summed E-state index contributed by atoms with van der Waals surface area (Å²) in [6, 6.07) is 61.4. The number of hydrogen-bond donors (Lipinski definition) is 0. The van der Waals surface area contributed by atoms with E-state index in [0.29, 0.717) is 17.5 Å². The Morgan fingerprint density at radius 2 is 0.907 bits per heavy atom. The van der Waals surface area contributed by atoms with Gasteiger partial charge in [-0.1, -0.05) is 158 Å². The van der Waals surface area contributed by atoms with Crippen LogP contribution in [-0.2, 0) is 0 Å². The van der Waals surface area contributed by atoms with Crippen LogP contribution in [0.2, 0.25) is 0 Å². The van der Waals surface area contributed by atoms with Crippen LogP contribution in [0, 0.1) is 0 Å². The molecule has 11 rings (SSSR count). The standard InChI is InChI=1S/C49H29N3OS/c1-3-13-31(14-4-1)47-50-48(32-15-5-2-6-16-32)52-49(51-47)33-27-25-30(26-28-33)40-29-41-44-36(20-12-23-42(44)53-45(41)37-19-8-7-17-34(37)40)39-22-11-21-38-35-18-9-10-24-43(35)54-46(38)39/h1-29H. The zero-order valence-electron chi connectivity index (χ0n) is 28.9. The third-order valence-electron chi connectivity index (χ3n) is 10.4. The molecule has 0 aliphatic carbocycles. The van der Waals surface area contributed by atoms with Gasteiger partial charge < -0.3 is 4.42 Å². The topological polar surface area (TPSA) is 51.8 Å². The van der Waals surface area contributed by atoms with Crippen LogP contribution in [0.25, 0.3) is 109 Å². The van der Waals surface area contributed by atoms with Crippen LogP contribution < -0.4 is 0 Å². The number of fused-ring (bicyclic) bond motifs is 8. The normalized spacial score (nSPS) is 11.7. The summed E-state index contributed by atoms with van der Waals surface area (Å²) in [4.78, 5) is 14.8. The molecule has 0 spiro atoms. The Kier molecular flexibility index (Phi) is 7.00. The molecule has 3 aromatic heterocycles. The molecule has 252 valence electrons. The van der Waals surface area contributed by atoms with E-state index < -0.39 is 0 Å². The Bertz CT molecular complexity index is 3140. The number of thiophene rings is 1. The highest BCUT2D eigenvalue weighted by molar-refractivity contribution is 7.26. The molecule has 11 aromatic rings. The first-order chi connectivity index (χ1) is 26.8. The third-order valence-corrected chi connectivity index (χ3v) is 11.6. The molecule has 4 nitrogen and oxygen atoms in total. The van der Waals surface area contributed by atoms with Crippen LogP contribution in [0.3, 0.4) is 0 Å². The Balaban J connectivity index is 1.08. The van der Waals surface area contributed by atoms with Crippen LogP contribution >= 0.6 is 11.3 Å². The van der Waals surface area contributed by atoms with Gasteiger partial charge in [0, 0.05) is 58.6 Å². The maximum absolute atomic E-state index is 6.74. The van der Waals surface area contributed by atoms with Crippen molar-refractivity contribution in [3.8, 4) is 56.4 Å². The molecule has 0 amide bonds. The lowest BCUT2D eigenvalue weighted by Gasteiger charge is -2.11. The third kappa shape index (κ3) is 4.94. The van der Waals surface area contributed by atoms with Crippen molar-refractivity contribution >= 4 is 64.2 Å². The number of rotatable bonds is 5. The summed E-state index contributed by atoms with van der Waals surface area (Å²) in [5.74, 6) is 1.93. The van der Waals surface area contributed by atoms with Gasteiger partial charge in [0.25, 0.3) is 0 Å². The Labute approximate surface area is 314 Å². The summed E-state index contributed by atoms with van der Waals surface area (Å²) in [6.45, 7) is 0. The van der Waals surface area contributed by atoms with E-state index in [1.807, 2.05) is 72.0 Å². The molecular weight excluding hydrogens is 679 g/mol. The summed E-state index contributed by atoms with van der Waals surface area (Å²) in [5, 5.41) is 7.05. The fourth-order valence-electron chi connectivity index (χ4n) is 7.81. The predicted octanol–water partition coefficient (Wildman–Crippen LogP) is 13.6. The quantitative estimate of drug-likeness (QED) is 0.179. The van der Waals surface area contributed by atoms with E-state index in [2.05, 4.69) is 115 Å². The SMILES string of the molecule is c1ccc(-c2nc(-c3ccccc3)nc(-c3ccc(-c4cc5c(oc6cccc(-c7cccc8c7sc7ccccc78)c65)c5ccccc45)cc3)n2)cc1.